The summed E-state index contributed by atoms with van der Waals surface area (Å²) in [6.45, 7) is 4.51. The Kier molecular flexibility index (Phi) is 6.09. The quantitative estimate of drug-likeness (QED) is 0.479. The van der Waals surface area contributed by atoms with Crippen LogP contribution in [0.2, 0.25) is 10.0 Å². The van der Waals surface area contributed by atoms with Crippen LogP contribution in [0.4, 0.5) is 11.5 Å². The molecule has 0 aliphatic carbocycles. The number of ether oxygens (including phenoxy) is 3. The van der Waals surface area contributed by atoms with Gasteiger partial charge in [-0.3, -0.25) is 4.90 Å². The summed E-state index contributed by atoms with van der Waals surface area (Å²) < 4.78 is 39.1. The van der Waals surface area contributed by atoms with E-state index in [1.807, 2.05) is 0 Å². The molecule has 1 N–H and O–H groups in total. The Morgan fingerprint density at radius 3 is 2.81 bits per heavy atom. The van der Waals surface area contributed by atoms with Crippen molar-refractivity contribution < 1.29 is 18.3 Å². The number of halogens is 2. The Hall–Kier alpha value is -2.32. The fraction of sp³-hybridized carbons (Fsp3) is 0.364. The van der Waals surface area contributed by atoms with Gasteiger partial charge in [-0.15, -0.1) is 0 Å². The standard InChI is InChI=1S/C22H24Cl2N4O3/c1-29-20-13-19-16(12-21(20)31-8-2-5-28-6-9-30-10-7-28)22(26-14-25-19)27-15-3-4-17(23)18(24)11-15/h3-4,11-14H,2,5-10H2,1H3,(H,25,26,27)/i1D3. The number of fused-ring (bicyclic) bond motifs is 1. The molecule has 1 aliphatic heterocycles. The Bertz CT molecular complexity index is 1140. The number of hydrogen-bond acceptors (Lipinski definition) is 7. The fourth-order valence-electron chi connectivity index (χ4n) is 3.36. The summed E-state index contributed by atoms with van der Waals surface area (Å²) in [5, 5.41) is 4.68. The largest absolute Gasteiger partial charge is 0.493 e. The van der Waals surface area contributed by atoms with Gasteiger partial charge in [0.15, 0.2) is 11.5 Å². The van der Waals surface area contributed by atoms with E-state index in [1.54, 1.807) is 30.3 Å². The third kappa shape index (κ3) is 5.49. The summed E-state index contributed by atoms with van der Waals surface area (Å²) in [6, 6.07) is 8.37. The van der Waals surface area contributed by atoms with Gasteiger partial charge in [-0.1, -0.05) is 23.2 Å². The Morgan fingerprint density at radius 2 is 2.00 bits per heavy atom. The van der Waals surface area contributed by atoms with Gasteiger partial charge in [0.2, 0.25) is 0 Å². The van der Waals surface area contributed by atoms with Gasteiger partial charge in [0.05, 0.1) is 46.5 Å². The lowest BCUT2D eigenvalue weighted by atomic mass is 10.2. The SMILES string of the molecule is [2H]C([2H])([2H])Oc1cc2ncnc(Nc3ccc(Cl)c(Cl)c3)c2cc1OCCCN1CCOCC1. The molecule has 1 aromatic heterocycles. The van der Waals surface area contributed by atoms with E-state index in [0.717, 1.165) is 39.3 Å². The number of benzene rings is 2. The molecule has 164 valence electrons. The second kappa shape index (κ2) is 10.3. The van der Waals surface area contributed by atoms with Crippen LogP contribution in [0.3, 0.4) is 0 Å². The first kappa shape index (κ1) is 18.3. The minimum Gasteiger partial charge on any atom is -0.493 e. The number of nitrogens with one attached hydrogen (secondary N) is 1. The van der Waals surface area contributed by atoms with Crippen molar-refractivity contribution in [3.63, 3.8) is 0 Å². The average Bonchev–Trinajstić information content (AvgIpc) is 2.79. The van der Waals surface area contributed by atoms with Crippen LogP contribution < -0.4 is 14.8 Å². The number of morpholine rings is 1. The molecule has 1 fully saturated rings. The van der Waals surface area contributed by atoms with Crippen LogP contribution in [0.5, 0.6) is 11.5 Å². The summed E-state index contributed by atoms with van der Waals surface area (Å²) in [7, 11) is -2.63. The smallest absolute Gasteiger partial charge is 0.162 e. The van der Waals surface area contributed by atoms with Gasteiger partial charge in [-0.05, 0) is 30.7 Å². The third-order valence-corrected chi connectivity index (χ3v) is 5.71. The maximum Gasteiger partial charge on any atom is 0.162 e. The lowest BCUT2D eigenvalue weighted by Gasteiger charge is -2.26. The van der Waals surface area contributed by atoms with Gasteiger partial charge in [0.25, 0.3) is 0 Å². The molecule has 0 spiro atoms. The van der Waals surface area contributed by atoms with Gasteiger partial charge in [0, 0.05) is 36.8 Å². The van der Waals surface area contributed by atoms with E-state index in [0.29, 0.717) is 44.8 Å². The molecular formula is C22H24Cl2N4O3. The molecular weight excluding hydrogens is 439 g/mol. The second-order valence-corrected chi connectivity index (χ2v) is 7.86. The van der Waals surface area contributed by atoms with Crippen molar-refractivity contribution in [2.75, 3.05) is 51.8 Å². The molecule has 2 heterocycles. The van der Waals surface area contributed by atoms with Crippen molar-refractivity contribution in [2.45, 2.75) is 6.42 Å². The van der Waals surface area contributed by atoms with Gasteiger partial charge < -0.3 is 19.5 Å². The second-order valence-electron chi connectivity index (χ2n) is 7.05. The number of anilines is 2. The van der Waals surface area contributed by atoms with E-state index in [-0.39, 0.29) is 5.75 Å². The molecule has 0 unspecified atom stereocenters. The van der Waals surface area contributed by atoms with Crippen LogP contribution in [-0.4, -0.2) is 61.4 Å². The first-order valence-electron chi connectivity index (χ1n) is 11.4. The zero-order chi connectivity index (χ0) is 24.1. The van der Waals surface area contributed by atoms with Gasteiger partial charge in [-0.25, -0.2) is 9.97 Å². The number of aromatic nitrogens is 2. The van der Waals surface area contributed by atoms with Crippen LogP contribution in [0.25, 0.3) is 10.9 Å². The molecule has 2 aromatic carbocycles. The monoisotopic (exact) mass is 465 g/mol. The zero-order valence-electron chi connectivity index (χ0n) is 19.7. The lowest BCUT2D eigenvalue weighted by molar-refractivity contribution is 0.0357. The molecule has 0 amide bonds. The molecule has 0 saturated carbocycles. The maximum absolute atomic E-state index is 7.52. The molecule has 1 saturated heterocycles. The highest BCUT2D eigenvalue weighted by Crippen LogP contribution is 2.35. The van der Waals surface area contributed by atoms with Crippen molar-refractivity contribution in [1.82, 2.24) is 14.9 Å². The van der Waals surface area contributed by atoms with Crippen molar-refractivity contribution in [3.8, 4) is 11.5 Å². The van der Waals surface area contributed by atoms with Gasteiger partial charge >= 0.3 is 0 Å². The number of rotatable bonds is 8. The Balaban J connectivity index is 1.57. The number of hydrogen-bond donors (Lipinski definition) is 1. The van der Waals surface area contributed by atoms with E-state index in [1.165, 1.54) is 6.33 Å². The Labute approximate surface area is 195 Å². The molecule has 1 aliphatic rings. The van der Waals surface area contributed by atoms with E-state index in [4.69, 9.17) is 41.5 Å². The normalized spacial score (nSPS) is 16.4. The molecule has 0 radical (unpaired) electrons. The molecule has 0 bridgehead atoms. The van der Waals surface area contributed by atoms with Gasteiger partial charge in [0.1, 0.15) is 12.1 Å². The van der Waals surface area contributed by atoms with E-state index in [2.05, 4.69) is 20.2 Å². The topological polar surface area (TPSA) is 68.7 Å². The minimum atomic E-state index is -2.63. The van der Waals surface area contributed by atoms with E-state index < -0.39 is 7.04 Å². The first-order valence-corrected chi connectivity index (χ1v) is 10.7. The zero-order valence-corrected chi connectivity index (χ0v) is 18.2. The van der Waals surface area contributed by atoms with Gasteiger partial charge in [-0.2, -0.15) is 0 Å². The van der Waals surface area contributed by atoms with Crippen LogP contribution >= 0.6 is 23.2 Å². The van der Waals surface area contributed by atoms with Crippen LogP contribution in [0.1, 0.15) is 10.5 Å². The summed E-state index contributed by atoms with van der Waals surface area (Å²) in [4.78, 5) is 10.9. The van der Waals surface area contributed by atoms with Crippen molar-refractivity contribution in [1.29, 1.82) is 0 Å². The molecule has 0 atom stereocenters. The highest BCUT2D eigenvalue weighted by Gasteiger charge is 2.13. The molecule has 3 aromatic rings. The first-order chi connectivity index (χ1) is 16.3. The molecule has 7 nitrogen and oxygen atoms in total. The van der Waals surface area contributed by atoms with Crippen LogP contribution in [-0.2, 0) is 4.74 Å². The maximum atomic E-state index is 7.52. The number of methoxy groups -OCH3 is 1. The van der Waals surface area contributed by atoms with Crippen molar-refractivity contribution >= 4 is 45.6 Å². The minimum absolute atomic E-state index is 0.0954. The average molecular weight is 466 g/mol. The highest BCUT2D eigenvalue weighted by molar-refractivity contribution is 6.42. The van der Waals surface area contributed by atoms with Crippen molar-refractivity contribution in [3.05, 3.63) is 46.7 Å². The summed E-state index contributed by atoms with van der Waals surface area (Å²) >= 11 is 12.1. The predicted octanol–water partition coefficient (Wildman–Crippen LogP) is 4.79. The van der Waals surface area contributed by atoms with E-state index >= 15 is 0 Å². The molecule has 4 rings (SSSR count). The summed E-state index contributed by atoms with van der Waals surface area (Å²) in [6.07, 6.45) is 2.15. The summed E-state index contributed by atoms with van der Waals surface area (Å²) in [5.41, 5.74) is 1.18. The summed E-state index contributed by atoms with van der Waals surface area (Å²) in [5.74, 6) is 0.901. The van der Waals surface area contributed by atoms with Crippen LogP contribution in [0, 0.1) is 0 Å². The highest BCUT2D eigenvalue weighted by atomic mass is 35.5. The molecule has 9 heteroatoms. The third-order valence-electron chi connectivity index (χ3n) is 4.97. The predicted molar refractivity (Wildman–Crippen MR) is 123 cm³/mol. The van der Waals surface area contributed by atoms with E-state index in [9.17, 15) is 0 Å². The fourth-order valence-corrected chi connectivity index (χ4v) is 3.66. The Morgan fingerprint density at radius 1 is 1.13 bits per heavy atom. The lowest BCUT2D eigenvalue weighted by Crippen LogP contribution is -2.37. The number of nitrogens with zero attached hydrogens (tertiary/aromatic N) is 3. The van der Waals surface area contributed by atoms with Crippen molar-refractivity contribution in [2.24, 2.45) is 0 Å². The molecule has 31 heavy (non-hydrogen) atoms. The van der Waals surface area contributed by atoms with Crippen LogP contribution in [0.15, 0.2) is 36.7 Å².